The lowest BCUT2D eigenvalue weighted by Crippen LogP contribution is -2.07. The molecule has 0 unspecified atom stereocenters. The lowest BCUT2D eigenvalue weighted by molar-refractivity contribution is 0.643. The molecule has 0 radical (unpaired) electrons. The molecule has 110 valence electrons. The van der Waals surface area contributed by atoms with Gasteiger partial charge in [-0.1, -0.05) is 23.2 Å². The number of halogens is 2. The van der Waals surface area contributed by atoms with Gasteiger partial charge in [0.15, 0.2) is 5.82 Å². The van der Waals surface area contributed by atoms with Crippen molar-refractivity contribution in [3.05, 3.63) is 22.2 Å². The molecule has 0 aliphatic rings. The van der Waals surface area contributed by atoms with E-state index in [2.05, 4.69) is 20.2 Å². The van der Waals surface area contributed by atoms with E-state index in [0.29, 0.717) is 27.0 Å². The van der Waals surface area contributed by atoms with Gasteiger partial charge in [0.2, 0.25) is 5.95 Å². The Labute approximate surface area is 131 Å². The third-order valence-corrected chi connectivity index (χ3v) is 3.01. The van der Waals surface area contributed by atoms with Gasteiger partial charge in [-0.05, 0) is 12.1 Å². The fourth-order valence-corrected chi connectivity index (χ4v) is 2.14. The minimum absolute atomic E-state index is 0.000599. The lowest BCUT2D eigenvalue weighted by atomic mass is 10.1. The molecule has 1 heterocycles. The van der Waals surface area contributed by atoms with Gasteiger partial charge in [-0.25, -0.2) is 4.99 Å². The van der Waals surface area contributed by atoms with Gasteiger partial charge in [0.25, 0.3) is 0 Å². The van der Waals surface area contributed by atoms with E-state index in [1.54, 1.807) is 23.4 Å². The molecule has 9 heteroatoms. The topological polar surface area (TPSA) is 106 Å². The average molecular weight is 326 g/mol. The number of rotatable bonds is 3. The molecule has 0 fully saturated rings. The first-order valence-electron chi connectivity index (χ1n) is 5.84. The van der Waals surface area contributed by atoms with Gasteiger partial charge in [0, 0.05) is 19.7 Å². The van der Waals surface area contributed by atoms with Crippen molar-refractivity contribution in [2.75, 3.05) is 25.6 Å². The molecule has 0 spiro atoms. The van der Waals surface area contributed by atoms with E-state index in [-0.39, 0.29) is 11.8 Å². The first kappa shape index (κ1) is 15.3. The van der Waals surface area contributed by atoms with E-state index in [1.807, 2.05) is 14.1 Å². The highest BCUT2D eigenvalue weighted by Crippen LogP contribution is 2.37. The molecule has 2 aromatic rings. The van der Waals surface area contributed by atoms with Crippen molar-refractivity contribution < 1.29 is 0 Å². The fraction of sp³-hybridized carbons (Fsp3) is 0.167. The van der Waals surface area contributed by atoms with Crippen LogP contribution in [0.15, 0.2) is 17.1 Å². The summed E-state index contributed by atoms with van der Waals surface area (Å²) in [6.45, 7) is 0. The van der Waals surface area contributed by atoms with E-state index in [4.69, 9.17) is 34.7 Å². The summed E-state index contributed by atoms with van der Waals surface area (Å²) in [5, 5.41) is 8.32. The van der Waals surface area contributed by atoms with Gasteiger partial charge >= 0.3 is 0 Å². The van der Waals surface area contributed by atoms with Crippen LogP contribution in [0.3, 0.4) is 0 Å². The Balaban J connectivity index is 2.49. The van der Waals surface area contributed by atoms with Crippen LogP contribution in [0.25, 0.3) is 11.3 Å². The highest BCUT2D eigenvalue weighted by atomic mass is 35.5. The monoisotopic (exact) mass is 325 g/mol. The maximum Gasteiger partial charge on any atom is 0.242 e. The molecule has 7 nitrogen and oxygen atoms in total. The summed E-state index contributed by atoms with van der Waals surface area (Å²) in [4.78, 5) is 9.83. The van der Waals surface area contributed by atoms with Crippen molar-refractivity contribution in [2.24, 2.45) is 4.99 Å². The van der Waals surface area contributed by atoms with Crippen LogP contribution >= 0.6 is 23.2 Å². The average Bonchev–Trinajstić information content (AvgIpc) is 2.37. The second kappa shape index (κ2) is 6.11. The number of nitrogens with two attached hydrogens (primary N) is 2. The van der Waals surface area contributed by atoms with Crippen molar-refractivity contribution in [1.82, 2.24) is 20.1 Å². The predicted molar refractivity (Wildman–Crippen MR) is 85.9 cm³/mol. The van der Waals surface area contributed by atoms with Crippen molar-refractivity contribution in [2.45, 2.75) is 0 Å². The molecule has 1 aromatic heterocycles. The van der Waals surface area contributed by atoms with Crippen molar-refractivity contribution in [1.29, 1.82) is 0 Å². The Bertz CT molecular complexity index is 677. The number of nitrogens with zero attached hydrogens (tertiary/aromatic N) is 5. The maximum atomic E-state index is 6.20. The van der Waals surface area contributed by atoms with E-state index >= 15 is 0 Å². The summed E-state index contributed by atoms with van der Waals surface area (Å²) >= 11 is 12.4. The Morgan fingerprint density at radius 1 is 1.14 bits per heavy atom. The summed E-state index contributed by atoms with van der Waals surface area (Å²) in [5.74, 6) is 0.153. The maximum absolute atomic E-state index is 6.20. The van der Waals surface area contributed by atoms with Crippen LogP contribution in [0.4, 0.5) is 17.5 Å². The van der Waals surface area contributed by atoms with Gasteiger partial charge in [-0.3, -0.25) is 0 Å². The Kier molecular flexibility index (Phi) is 4.44. The van der Waals surface area contributed by atoms with Crippen molar-refractivity contribution in [3.63, 3.8) is 0 Å². The summed E-state index contributed by atoms with van der Waals surface area (Å²) in [5.41, 5.74) is 12.6. The smallest absolute Gasteiger partial charge is 0.242 e. The van der Waals surface area contributed by atoms with Gasteiger partial charge in [-0.15, -0.1) is 10.2 Å². The van der Waals surface area contributed by atoms with Gasteiger partial charge in [0.05, 0.1) is 16.4 Å². The summed E-state index contributed by atoms with van der Waals surface area (Å²) in [6.07, 6.45) is 1.60. The second-order valence-electron chi connectivity index (χ2n) is 4.40. The van der Waals surface area contributed by atoms with Crippen molar-refractivity contribution in [3.8, 4) is 11.3 Å². The number of aromatic nitrogens is 3. The first-order valence-corrected chi connectivity index (χ1v) is 6.59. The number of hydrogen-bond donors (Lipinski definition) is 2. The highest BCUT2D eigenvalue weighted by molar-refractivity contribution is 6.39. The molecule has 0 amide bonds. The van der Waals surface area contributed by atoms with Gasteiger partial charge < -0.3 is 16.4 Å². The van der Waals surface area contributed by atoms with Crippen LogP contribution in [0.1, 0.15) is 0 Å². The van der Waals surface area contributed by atoms with Gasteiger partial charge in [-0.2, -0.15) is 4.98 Å². The van der Waals surface area contributed by atoms with Crippen LogP contribution in [0, 0.1) is 0 Å². The van der Waals surface area contributed by atoms with E-state index < -0.39 is 0 Å². The highest BCUT2D eigenvalue weighted by Gasteiger charge is 2.13. The zero-order valence-electron chi connectivity index (χ0n) is 11.4. The molecular formula is C12H13Cl2N7. The standard InChI is InChI=1S/C12H13Cl2N7/c1-21(2)5-17-10-7(13)3-6(4-8(10)14)9-11(15)18-12(16)20-19-9/h3-5H,1-2H3,(H4,15,16,18,20). The quantitative estimate of drug-likeness (QED) is 0.662. The number of aliphatic imine (C=N–C) groups is 1. The molecule has 0 bridgehead atoms. The summed E-state index contributed by atoms with van der Waals surface area (Å²) < 4.78 is 0. The minimum atomic E-state index is 0.000599. The molecule has 0 saturated carbocycles. The molecule has 0 saturated heterocycles. The Morgan fingerprint density at radius 3 is 2.29 bits per heavy atom. The van der Waals surface area contributed by atoms with E-state index in [0.717, 1.165) is 0 Å². The molecule has 2 rings (SSSR count). The molecular weight excluding hydrogens is 313 g/mol. The van der Waals surface area contributed by atoms with Crippen LogP contribution < -0.4 is 11.5 Å². The molecule has 21 heavy (non-hydrogen) atoms. The predicted octanol–water partition coefficient (Wildman–Crippen LogP) is 2.23. The third-order valence-electron chi connectivity index (χ3n) is 2.44. The number of anilines is 2. The number of benzene rings is 1. The molecule has 1 aromatic carbocycles. The largest absolute Gasteiger partial charge is 0.382 e. The van der Waals surface area contributed by atoms with E-state index in [9.17, 15) is 0 Å². The SMILES string of the molecule is CN(C)C=Nc1c(Cl)cc(-c2nnc(N)nc2N)cc1Cl. The zero-order valence-corrected chi connectivity index (χ0v) is 12.9. The Morgan fingerprint density at radius 2 is 1.76 bits per heavy atom. The number of nitrogen functional groups attached to an aromatic ring is 2. The molecule has 0 aliphatic heterocycles. The normalized spacial score (nSPS) is 11.0. The van der Waals surface area contributed by atoms with Crippen molar-refractivity contribution >= 4 is 47.0 Å². The third kappa shape index (κ3) is 3.50. The summed E-state index contributed by atoms with van der Waals surface area (Å²) in [6, 6.07) is 3.29. The van der Waals surface area contributed by atoms with Crippen LogP contribution in [-0.2, 0) is 0 Å². The van der Waals surface area contributed by atoms with E-state index in [1.165, 1.54) is 0 Å². The molecule has 4 N–H and O–H groups in total. The molecule has 0 atom stereocenters. The zero-order chi connectivity index (χ0) is 15.6. The first-order chi connectivity index (χ1) is 9.88. The van der Waals surface area contributed by atoms with Gasteiger partial charge in [0.1, 0.15) is 11.4 Å². The van der Waals surface area contributed by atoms with Crippen LogP contribution in [-0.4, -0.2) is 40.5 Å². The summed E-state index contributed by atoms with van der Waals surface area (Å²) in [7, 11) is 3.69. The number of hydrogen-bond acceptors (Lipinski definition) is 6. The second-order valence-corrected chi connectivity index (χ2v) is 5.21. The van der Waals surface area contributed by atoms with Crippen LogP contribution in [0.2, 0.25) is 10.0 Å². The minimum Gasteiger partial charge on any atom is -0.382 e. The Hall–Kier alpha value is -2.12. The fourth-order valence-electron chi connectivity index (χ4n) is 1.56. The lowest BCUT2D eigenvalue weighted by Gasteiger charge is -2.08. The van der Waals surface area contributed by atoms with Crippen LogP contribution in [0.5, 0.6) is 0 Å². The molecule has 0 aliphatic carbocycles.